The van der Waals surface area contributed by atoms with Gasteiger partial charge in [-0.15, -0.1) is 0 Å². The quantitative estimate of drug-likeness (QED) is 0.786. The summed E-state index contributed by atoms with van der Waals surface area (Å²) in [6, 6.07) is 10.8. The van der Waals surface area contributed by atoms with Gasteiger partial charge in [0.2, 0.25) is 0 Å². The molecule has 1 N–H and O–H groups in total. The highest BCUT2D eigenvalue weighted by Gasteiger charge is 2.15. The lowest BCUT2D eigenvalue weighted by atomic mass is 9.90. The molecule has 0 spiro atoms. The van der Waals surface area contributed by atoms with Crippen LogP contribution in [0.2, 0.25) is 0 Å². The van der Waals surface area contributed by atoms with Crippen LogP contribution in [0.15, 0.2) is 36.5 Å². The van der Waals surface area contributed by atoms with Gasteiger partial charge in [0, 0.05) is 11.6 Å². The molecule has 0 amide bonds. The first-order valence-corrected chi connectivity index (χ1v) is 5.99. The fourth-order valence-corrected chi connectivity index (χ4v) is 2.49. The Morgan fingerprint density at radius 3 is 2.88 bits per heavy atom. The summed E-state index contributed by atoms with van der Waals surface area (Å²) in [5.74, 6) is 0.715. The maximum absolute atomic E-state index is 4.42. The molecule has 0 aliphatic carbocycles. The average molecular weight is 212 g/mol. The number of aromatic nitrogens is 1. The van der Waals surface area contributed by atoms with Gasteiger partial charge in [-0.2, -0.15) is 0 Å². The Bertz CT molecular complexity index is 487. The molecule has 2 heteroatoms. The van der Waals surface area contributed by atoms with Crippen LogP contribution in [0.3, 0.4) is 0 Å². The van der Waals surface area contributed by atoms with Crippen molar-refractivity contribution in [3.05, 3.63) is 42.1 Å². The highest BCUT2D eigenvalue weighted by Crippen LogP contribution is 2.27. The van der Waals surface area contributed by atoms with Crippen LogP contribution in [0, 0.1) is 0 Å². The van der Waals surface area contributed by atoms with E-state index in [0.717, 1.165) is 18.6 Å². The van der Waals surface area contributed by atoms with Crippen molar-refractivity contribution in [2.75, 3.05) is 13.1 Å². The average Bonchev–Trinajstić information content (AvgIpc) is 2.39. The topological polar surface area (TPSA) is 24.9 Å². The van der Waals surface area contributed by atoms with Crippen molar-refractivity contribution in [3.63, 3.8) is 0 Å². The lowest BCUT2D eigenvalue weighted by molar-refractivity contribution is 0.460. The highest BCUT2D eigenvalue weighted by atomic mass is 14.9. The van der Waals surface area contributed by atoms with Crippen molar-refractivity contribution in [2.45, 2.75) is 18.8 Å². The molecule has 1 saturated heterocycles. The predicted molar refractivity (Wildman–Crippen MR) is 66.6 cm³/mol. The predicted octanol–water partition coefficient (Wildman–Crippen LogP) is 2.70. The van der Waals surface area contributed by atoms with Gasteiger partial charge >= 0.3 is 0 Å². The standard InChI is InChI=1S/C14H16N2/c1-2-12-3-4-13(10-14(12)16-7-1)11-5-8-15-9-6-11/h1-4,7,10-11,15H,5-6,8-9H2. The number of nitrogens with one attached hydrogen (secondary N) is 1. The highest BCUT2D eigenvalue weighted by molar-refractivity contribution is 5.79. The van der Waals surface area contributed by atoms with Crippen LogP contribution < -0.4 is 5.32 Å². The monoisotopic (exact) mass is 212 g/mol. The van der Waals surface area contributed by atoms with Crippen molar-refractivity contribution < 1.29 is 0 Å². The molecule has 0 atom stereocenters. The van der Waals surface area contributed by atoms with E-state index < -0.39 is 0 Å². The summed E-state index contributed by atoms with van der Waals surface area (Å²) in [5, 5.41) is 4.64. The van der Waals surface area contributed by atoms with Gasteiger partial charge in [0.25, 0.3) is 0 Å². The van der Waals surface area contributed by atoms with E-state index >= 15 is 0 Å². The van der Waals surface area contributed by atoms with E-state index in [1.807, 2.05) is 12.3 Å². The molecule has 0 bridgehead atoms. The van der Waals surface area contributed by atoms with E-state index in [-0.39, 0.29) is 0 Å². The molecule has 2 nitrogen and oxygen atoms in total. The second kappa shape index (κ2) is 4.22. The SMILES string of the molecule is c1cnc2cc(C3CCNCC3)ccc2c1. The maximum Gasteiger partial charge on any atom is 0.0704 e. The molecule has 0 unspecified atom stereocenters. The molecule has 0 saturated carbocycles. The lowest BCUT2D eigenvalue weighted by Crippen LogP contribution is -2.26. The number of pyridine rings is 1. The van der Waals surface area contributed by atoms with Gasteiger partial charge in [-0.05, 0) is 49.5 Å². The van der Waals surface area contributed by atoms with E-state index in [4.69, 9.17) is 0 Å². The van der Waals surface area contributed by atoms with Gasteiger partial charge in [-0.3, -0.25) is 4.98 Å². The van der Waals surface area contributed by atoms with Crippen molar-refractivity contribution >= 4 is 10.9 Å². The largest absolute Gasteiger partial charge is 0.317 e. The molecule has 2 aromatic rings. The van der Waals surface area contributed by atoms with Crippen LogP contribution in [-0.4, -0.2) is 18.1 Å². The summed E-state index contributed by atoms with van der Waals surface area (Å²) in [5.41, 5.74) is 2.58. The molecular formula is C14H16N2. The summed E-state index contributed by atoms with van der Waals surface area (Å²) >= 11 is 0. The molecular weight excluding hydrogens is 196 g/mol. The minimum atomic E-state index is 0.715. The third kappa shape index (κ3) is 1.81. The number of piperidine rings is 1. The molecule has 2 heterocycles. The van der Waals surface area contributed by atoms with Crippen LogP contribution in [0.25, 0.3) is 10.9 Å². The molecule has 1 fully saturated rings. The Kier molecular flexibility index (Phi) is 2.58. The smallest absolute Gasteiger partial charge is 0.0704 e. The van der Waals surface area contributed by atoms with Gasteiger partial charge in [0.15, 0.2) is 0 Å². The Morgan fingerprint density at radius 1 is 1.12 bits per heavy atom. The van der Waals surface area contributed by atoms with Crippen LogP contribution >= 0.6 is 0 Å². The van der Waals surface area contributed by atoms with Gasteiger partial charge in [-0.25, -0.2) is 0 Å². The Labute approximate surface area is 95.7 Å². The zero-order valence-corrected chi connectivity index (χ0v) is 9.32. The first-order chi connectivity index (χ1) is 7.93. The van der Waals surface area contributed by atoms with Crippen molar-refractivity contribution in [3.8, 4) is 0 Å². The summed E-state index contributed by atoms with van der Waals surface area (Å²) in [4.78, 5) is 4.42. The number of fused-ring (bicyclic) bond motifs is 1. The van der Waals surface area contributed by atoms with Gasteiger partial charge in [0.1, 0.15) is 0 Å². The summed E-state index contributed by atoms with van der Waals surface area (Å²) in [6.45, 7) is 2.29. The minimum Gasteiger partial charge on any atom is -0.317 e. The number of nitrogens with zero attached hydrogens (tertiary/aromatic N) is 1. The summed E-state index contributed by atoms with van der Waals surface area (Å²) in [6.07, 6.45) is 4.37. The molecule has 1 aromatic heterocycles. The zero-order valence-electron chi connectivity index (χ0n) is 9.32. The number of benzene rings is 1. The molecule has 82 valence electrons. The van der Waals surface area contributed by atoms with Crippen molar-refractivity contribution in [2.24, 2.45) is 0 Å². The van der Waals surface area contributed by atoms with E-state index in [1.165, 1.54) is 23.8 Å². The maximum atomic E-state index is 4.42. The van der Waals surface area contributed by atoms with E-state index in [2.05, 4.69) is 34.6 Å². The third-order valence-electron chi connectivity index (χ3n) is 3.44. The molecule has 1 aliphatic rings. The Hall–Kier alpha value is -1.41. The van der Waals surface area contributed by atoms with Crippen LogP contribution in [0.5, 0.6) is 0 Å². The normalized spacial score (nSPS) is 17.8. The number of hydrogen-bond acceptors (Lipinski definition) is 2. The van der Waals surface area contributed by atoms with Gasteiger partial charge < -0.3 is 5.32 Å². The van der Waals surface area contributed by atoms with Gasteiger partial charge in [0.05, 0.1) is 5.52 Å². The molecule has 1 aliphatic heterocycles. The Morgan fingerprint density at radius 2 is 2.00 bits per heavy atom. The van der Waals surface area contributed by atoms with Crippen LogP contribution in [-0.2, 0) is 0 Å². The van der Waals surface area contributed by atoms with Crippen LogP contribution in [0.4, 0.5) is 0 Å². The first kappa shape index (κ1) is 9.79. The number of rotatable bonds is 1. The molecule has 0 radical (unpaired) electrons. The van der Waals surface area contributed by atoms with E-state index in [0.29, 0.717) is 5.92 Å². The second-order valence-electron chi connectivity index (χ2n) is 4.48. The summed E-state index contributed by atoms with van der Waals surface area (Å²) < 4.78 is 0. The first-order valence-electron chi connectivity index (χ1n) is 5.99. The van der Waals surface area contributed by atoms with E-state index in [1.54, 1.807) is 0 Å². The Balaban J connectivity index is 1.97. The molecule has 16 heavy (non-hydrogen) atoms. The fourth-order valence-electron chi connectivity index (χ4n) is 2.49. The fraction of sp³-hybridized carbons (Fsp3) is 0.357. The van der Waals surface area contributed by atoms with Crippen molar-refractivity contribution in [1.82, 2.24) is 10.3 Å². The van der Waals surface area contributed by atoms with Crippen LogP contribution in [0.1, 0.15) is 24.3 Å². The van der Waals surface area contributed by atoms with Gasteiger partial charge in [-0.1, -0.05) is 18.2 Å². The third-order valence-corrected chi connectivity index (χ3v) is 3.44. The molecule has 1 aromatic carbocycles. The second-order valence-corrected chi connectivity index (χ2v) is 4.48. The lowest BCUT2D eigenvalue weighted by Gasteiger charge is -2.23. The zero-order chi connectivity index (χ0) is 10.8. The number of hydrogen-bond donors (Lipinski definition) is 1. The van der Waals surface area contributed by atoms with Crippen molar-refractivity contribution in [1.29, 1.82) is 0 Å². The molecule has 3 rings (SSSR count). The van der Waals surface area contributed by atoms with E-state index in [9.17, 15) is 0 Å². The summed E-state index contributed by atoms with van der Waals surface area (Å²) in [7, 11) is 0. The minimum absolute atomic E-state index is 0.715.